The molecule has 23 heavy (non-hydrogen) atoms. The van der Waals surface area contributed by atoms with Crippen LogP contribution in [-0.4, -0.2) is 16.7 Å². The molecule has 1 heterocycles. The molecule has 2 saturated carbocycles. The van der Waals surface area contributed by atoms with Crippen LogP contribution in [0.5, 0.6) is 0 Å². The second-order valence-electron chi connectivity index (χ2n) is 8.01. The summed E-state index contributed by atoms with van der Waals surface area (Å²) in [7, 11) is 0. The van der Waals surface area contributed by atoms with Crippen molar-refractivity contribution in [1.29, 1.82) is 0 Å². The molecule has 2 aliphatic carbocycles. The van der Waals surface area contributed by atoms with Crippen molar-refractivity contribution >= 4 is 17.4 Å². The van der Waals surface area contributed by atoms with Crippen LogP contribution in [0.4, 0.5) is 5.69 Å². The number of rotatable bonds is 3. The van der Waals surface area contributed by atoms with Crippen LogP contribution in [-0.2, 0) is 0 Å². The molecule has 0 radical (unpaired) electrons. The van der Waals surface area contributed by atoms with Crippen LogP contribution >= 0.6 is 11.8 Å². The third-order valence-corrected chi connectivity index (χ3v) is 8.53. The normalized spacial score (nSPS) is 33.0. The van der Waals surface area contributed by atoms with Crippen LogP contribution < -0.4 is 4.90 Å². The molecule has 3 fully saturated rings. The zero-order valence-corrected chi connectivity index (χ0v) is 15.5. The highest BCUT2D eigenvalue weighted by Crippen LogP contribution is 2.51. The van der Waals surface area contributed by atoms with Gasteiger partial charge in [-0.25, -0.2) is 0 Å². The zero-order chi connectivity index (χ0) is 15.8. The summed E-state index contributed by atoms with van der Waals surface area (Å²) in [5, 5.41) is 1.57. The van der Waals surface area contributed by atoms with Crippen molar-refractivity contribution in [3.05, 3.63) is 29.8 Å². The molecule has 0 aromatic heterocycles. The highest BCUT2D eigenvalue weighted by Gasteiger charge is 2.46. The summed E-state index contributed by atoms with van der Waals surface area (Å²) < 4.78 is 0. The second kappa shape index (κ2) is 6.70. The highest BCUT2D eigenvalue weighted by molar-refractivity contribution is 8.01. The first-order valence-corrected chi connectivity index (χ1v) is 10.7. The van der Waals surface area contributed by atoms with Gasteiger partial charge in [0, 0.05) is 17.0 Å². The third kappa shape index (κ3) is 2.92. The number of benzene rings is 1. The van der Waals surface area contributed by atoms with Gasteiger partial charge < -0.3 is 4.90 Å². The van der Waals surface area contributed by atoms with E-state index in [4.69, 9.17) is 0 Å². The van der Waals surface area contributed by atoms with Gasteiger partial charge in [-0.2, -0.15) is 0 Å². The first-order valence-electron chi connectivity index (χ1n) is 9.75. The molecule has 0 bridgehead atoms. The minimum Gasteiger partial charge on any atom is -0.355 e. The maximum Gasteiger partial charge on any atom is 0.0786 e. The monoisotopic (exact) mass is 329 g/mol. The Morgan fingerprint density at radius 2 is 1.52 bits per heavy atom. The maximum atomic E-state index is 2.83. The Labute approximate surface area is 146 Å². The van der Waals surface area contributed by atoms with Gasteiger partial charge in [-0.3, -0.25) is 0 Å². The van der Waals surface area contributed by atoms with E-state index in [0.717, 1.165) is 22.5 Å². The van der Waals surface area contributed by atoms with Crippen LogP contribution in [0.15, 0.2) is 24.3 Å². The molecule has 0 amide bonds. The van der Waals surface area contributed by atoms with E-state index in [1.165, 1.54) is 62.6 Å². The SMILES string of the molecule is Cc1ccccc1N1C(C2CCCC2)SC(C2CCCC2)[C@@H]1C. The molecule has 3 aliphatic rings. The van der Waals surface area contributed by atoms with Crippen molar-refractivity contribution in [2.45, 2.75) is 81.9 Å². The lowest BCUT2D eigenvalue weighted by atomic mass is 9.96. The van der Waals surface area contributed by atoms with Crippen LogP contribution in [0.2, 0.25) is 0 Å². The lowest BCUT2D eigenvalue weighted by Gasteiger charge is -2.35. The fraction of sp³-hybridized carbons (Fsp3) is 0.714. The average Bonchev–Trinajstić information content (AvgIpc) is 3.28. The van der Waals surface area contributed by atoms with Crippen molar-refractivity contribution in [1.82, 2.24) is 0 Å². The average molecular weight is 330 g/mol. The quantitative estimate of drug-likeness (QED) is 0.668. The molecule has 2 unspecified atom stereocenters. The number of aryl methyl sites for hydroxylation is 1. The van der Waals surface area contributed by atoms with Gasteiger partial charge >= 0.3 is 0 Å². The Hall–Kier alpha value is -0.630. The largest absolute Gasteiger partial charge is 0.355 e. The maximum absolute atomic E-state index is 2.83. The van der Waals surface area contributed by atoms with Crippen LogP contribution in [0.1, 0.15) is 63.9 Å². The van der Waals surface area contributed by atoms with E-state index < -0.39 is 0 Å². The summed E-state index contributed by atoms with van der Waals surface area (Å²) in [6.07, 6.45) is 11.7. The molecule has 1 aromatic carbocycles. The summed E-state index contributed by atoms with van der Waals surface area (Å²) in [4.78, 5) is 2.83. The first kappa shape index (κ1) is 15.9. The number of hydrogen-bond donors (Lipinski definition) is 0. The van der Waals surface area contributed by atoms with Crippen molar-refractivity contribution in [2.24, 2.45) is 11.8 Å². The molecule has 1 saturated heterocycles. The van der Waals surface area contributed by atoms with Crippen molar-refractivity contribution < 1.29 is 0 Å². The summed E-state index contributed by atoms with van der Waals surface area (Å²) in [5.74, 6) is 1.88. The van der Waals surface area contributed by atoms with Gasteiger partial charge in [-0.1, -0.05) is 43.9 Å². The Bertz CT molecular complexity index is 530. The Morgan fingerprint density at radius 1 is 0.913 bits per heavy atom. The lowest BCUT2D eigenvalue weighted by molar-refractivity contribution is 0.445. The van der Waals surface area contributed by atoms with Gasteiger partial charge in [0.05, 0.1) is 5.37 Å². The molecule has 0 N–H and O–H groups in total. The third-order valence-electron chi connectivity index (χ3n) is 6.55. The molecular formula is C21H31NS. The fourth-order valence-corrected chi connectivity index (χ4v) is 7.42. The molecule has 1 aromatic rings. The fourth-order valence-electron chi connectivity index (χ4n) is 5.31. The van der Waals surface area contributed by atoms with E-state index in [-0.39, 0.29) is 0 Å². The Morgan fingerprint density at radius 3 is 2.17 bits per heavy atom. The smallest absolute Gasteiger partial charge is 0.0786 e. The number of thioether (sulfide) groups is 1. The predicted molar refractivity (Wildman–Crippen MR) is 102 cm³/mol. The van der Waals surface area contributed by atoms with Gasteiger partial charge in [0.25, 0.3) is 0 Å². The molecule has 3 atom stereocenters. The van der Waals surface area contributed by atoms with E-state index in [0.29, 0.717) is 6.04 Å². The van der Waals surface area contributed by atoms with Gasteiger partial charge in [-0.15, -0.1) is 11.8 Å². The number of anilines is 1. The topological polar surface area (TPSA) is 3.24 Å². The highest BCUT2D eigenvalue weighted by atomic mass is 32.2. The van der Waals surface area contributed by atoms with Gasteiger partial charge in [0.1, 0.15) is 0 Å². The van der Waals surface area contributed by atoms with E-state index in [2.05, 4.69) is 54.8 Å². The van der Waals surface area contributed by atoms with Crippen LogP contribution in [0, 0.1) is 18.8 Å². The zero-order valence-electron chi connectivity index (χ0n) is 14.7. The Kier molecular flexibility index (Phi) is 4.63. The summed E-state index contributed by atoms with van der Waals surface area (Å²) in [6, 6.07) is 9.77. The summed E-state index contributed by atoms with van der Waals surface area (Å²) in [6.45, 7) is 4.80. The molecule has 1 aliphatic heterocycles. The molecule has 0 spiro atoms. The molecule has 2 heteroatoms. The van der Waals surface area contributed by atoms with E-state index in [9.17, 15) is 0 Å². The van der Waals surface area contributed by atoms with E-state index in [1.54, 1.807) is 0 Å². The first-order chi connectivity index (χ1) is 11.3. The van der Waals surface area contributed by atoms with Gasteiger partial charge in [-0.05, 0) is 63.0 Å². The number of para-hydroxylation sites is 1. The number of nitrogens with zero attached hydrogens (tertiary/aromatic N) is 1. The molecule has 126 valence electrons. The minimum atomic E-state index is 0.690. The second-order valence-corrected chi connectivity index (χ2v) is 9.31. The van der Waals surface area contributed by atoms with E-state index >= 15 is 0 Å². The van der Waals surface area contributed by atoms with Crippen LogP contribution in [0.3, 0.4) is 0 Å². The lowest BCUT2D eigenvalue weighted by Crippen LogP contribution is -2.41. The molecular weight excluding hydrogens is 298 g/mol. The summed E-state index contributed by atoms with van der Waals surface area (Å²) in [5.41, 5.74) is 2.96. The van der Waals surface area contributed by atoms with Gasteiger partial charge in [0.15, 0.2) is 0 Å². The Balaban J connectivity index is 1.65. The van der Waals surface area contributed by atoms with Crippen LogP contribution in [0.25, 0.3) is 0 Å². The van der Waals surface area contributed by atoms with Crippen molar-refractivity contribution in [2.75, 3.05) is 4.90 Å². The van der Waals surface area contributed by atoms with E-state index in [1.807, 2.05) is 0 Å². The van der Waals surface area contributed by atoms with Gasteiger partial charge in [0.2, 0.25) is 0 Å². The molecule has 1 nitrogen and oxygen atoms in total. The van der Waals surface area contributed by atoms with Crippen molar-refractivity contribution in [3.8, 4) is 0 Å². The summed E-state index contributed by atoms with van der Waals surface area (Å²) >= 11 is 2.35. The standard InChI is InChI=1S/C21H31NS/c1-15-9-3-8-14-19(15)22-16(2)20(17-10-4-5-11-17)23-21(22)18-12-6-7-13-18/h3,8-9,14,16-18,20-21H,4-7,10-13H2,1-2H3/t16-,20?,21?/m0/s1. The molecule has 4 rings (SSSR count). The van der Waals surface area contributed by atoms with Crippen molar-refractivity contribution in [3.63, 3.8) is 0 Å². The predicted octanol–water partition coefficient (Wildman–Crippen LogP) is 6.01. The number of hydrogen-bond acceptors (Lipinski definition) is 2. The minimum absolute atomic E-state index is 0.690.